The van der Waals surface area contributed by atoms with Crippen LogP contribution in [-0.4, -0.2) is 37.7 Å². The number of thiazole rings is 1. The zero-order chi connectivity index (χ0) is 15.5. The van der Waals surface area contributed by atoms with E-state index in [1.807, 2.05) is 0 Å². The summed E-state index contributed by atoms with van der Waals surface area (Å²) < 4.78 is 5.56. The van der Waals surface area contributed by atoms with Crippen LogP contribution in [0.25, 0.3) is 0 Å². The molecule has 0 aromatic carbocycles. The molecule has 22 heavy (non-hydrogen) atoms. The van der Waals surface area contributed by atoms with Crippen molar-refractivity contribution in [1.29, 1.82) is 0 Å². The molecule has 5 nitrogen and oxygen atoms in total. The molecule has 0 saturated carbocycles. The normalized spacial score (nSPS) is 11.4. The first-order chi connectivity index (χ1) is 10.2. The molecule has 0 radical (unpaired) electrons. The summed E-state index contributed by atoms with van der Waals surface area (Å²) in [6.07, 6.45) is 2.10. The molecule has 0 fully saturated rings. The molecule has 0 unspecified atom stereocenters. The van der Waals surface area contributed by atoms with Crippen LogP contribution in [0.3, 0.4) is 0 Å². The molecule has 0 spiro atoms. The predicted molar refractivity (Wildman–Crippen MR) is 105 cm³/mol. The Hall–Kier alpha value is -0.410. The number of aliphatic imine (C=N–C) groups is 1. The number of hydrogen-bond acceptors (Lipinski definition) is 4. The average Bonchev–Trinajstić information content (AvgIpc) is 2.93. The zero-order valence-corrected chi connectivity index (χ0v) is 17.2. The van der Waals surface area contributed by atoms with E-state index in [1.54, 1.807) is 18.4 Å². The van der Waals surface area contributed by atoms with Crippen molar-refractivity contribution in [1.82, 2.24) is 15.6 Å². The van der Waals surface area contributed by atoms with Crippen LogP contribution >= 0.6 is 35.3 Å². The molecule has 128 valence electrons. The van der Waals surface area contributed by atoms with Gasteiger partial charge in [-0.3, -0.25) is 4.99 Å². The van der Waals surface area contributed by atoms with Gasteiger partial charge in [0.05, 0.1) is 23.9 Å². The van der Waals surface area contributed by atoms with Crippen molar-refractivity contribution in [2.24, 2.45) is 10.9 Å². The molecule has 0 aliphatic carbocycles. The van der Waals surface area contributed by atoms with E-state index in [0.717, 1.165) is 37.6 Å². The summed E-state index contributed by atoms with van der Waals surface area (Å²) in [5.74, 6) is 1.48. The molecule has 1 heterocycles. The molecule has 0 bridgehead atoms. The topological polar surface area (TPSA) is 58.5 Å². The van der Waals surface area contributed by atoms with Gasteiger partial charge in [0.25, 0.3) is 0 Å². The van der Waals surface area contributed by atoms with Crippen LogP contribution in [0, 0.1) is 5.92 Å². The minimum atomic E-state index is 0. The number of guanidine groups is 1. The van der Waals surface area contributed by atoms with Gasteiger partial charge in [-0.05, 0) is 18.8 Å². The maximum Gasteiger partial charge on any atom is 0.191 e. The first-order valence-electron chi connectivity index (χ1n) is 7.61. The van der Waals surface area contributed by atoms with Gasteiger partial charge in [-0.25, -0.2) is 4.98 Å². The summed E-state index contributed by atoms with van der Waals surface area (Å²) in [6.45, 7) is 9.51. The fraction of sp³-hybridized carbons (Fsp3) is 0.733. The molecule has 0 amide bonds. The number of nitrogens with one attached hydrogen (secondary N) is 2. The summed E-state index contributed by atoms with van der Waals surface area (Å²) in [5.41, 5.74) is 1.06. The van der Waals surface area contributed by atoms with Gasteiger partial charge in [0.1, 0.15) is 0 Å². The van der Waals surface area contributed by atoms with Crippen molar-refractivity contribution in [2.45, 2.75) is 40.2 Å². The Balaban J connectivity index is 0.00000441. The minimum Gasteiger partial charge on any atom is -0.380 e. The highest BCUT2D eigenvalue weighted by Gasteiger charge is 2.02. The Morgan fingerprint density at radius 1 is 1.36 bits per heavy atom. The van der Waals surface area contributed by atoms with Crippen LogP contribution in [0.1, 0.15) is 37.9 Å². The van der Waals surface area contributed by atoms with E-state index in [-0.39, 0.29) is 24.0 Å². The van der Waals surface area contributed by atoms with E-state index in [9.17, 15) is 0 Å². The van der Waals surface area contributed by atoms with Gasteiger partial charge in [-0.2, -0.15) is 0 Å². The second kappa shape index (κ2) is 13.1. The van der Waals surface area contributed by atoms with E-state index in [1.165, 1.54) is 5.01 Å². The third kappa shape index (κ3) is 9.58. The molecule has 2 N–H and O–H groups in total. The molecule has 0 atom stereocenters. The maximum absolute atomic E-state index is 5.56. The van der Waals surface area contributed by atoms with E-state index in [4.69, 9.17) is 4.74 Å². The lowest BCUT2D eigenvalue weighted by Crippen LogP contribution is -2.38. The number of nitrogens with zero attached hydrogens (tertiary/aromatic N) is 2. The highest BCUT2D eigenvalue weighted by atomic mass is 127. The Bertz CT molecular complexity index is 423. The average molecular weight is 440 g/mol. The van der Waals surface area contributed by atoms with Crippen molar-refractivity contribution >= 4 is 41.3 Å². The fourth-order valence-electron chi connectivity index (χ4n) is 1.65. The second-order valence-electron chi connectivity index (χ2n) is 5.23. The van der Waals surface area contributed by atoms with Crippen molar-refractivity contribution in [3.63, 3.8) is 0 Å². The summed E-state index contributed by atoms with van der Waals surface area (Å²) in [6, 6.07) is 0. The van der Waals surface area contributed by atoms with Crippen LogP contribution in [0.15, 0.2) is 10.4 Å². The summed E-state index contributed by atoms with van der Waals surface area (Å²) in [5, 5.41) is 9.76. The number of hydrogen-bond donors (Lipinski definition) is 2. The number of aromatic nitrogens is 1. The molecule has 0 saturated heterocycles. The van der Waals surface area contributed by atoms with Gasteiger partial charge >= 0.3 is 0 Å². The second-order valence-corrected chi connectivity index (χ2v) is 6.18. The quantitative estimate of drug-likeness (QED) is 0.268. The smallest absolute Gasteiger partial charge is 0.191 e. The lowest BCUT2D eigenvalue weighted by molar-refractivity contribution is 0.128. The van der Waals surface area contributed by atoms with Gasteiger partial charge in [0, 0.05) is 25.6 Å². The Morgan fingerprint density at radius 2 is 2.14 bits per heavy atom. The monoisotopic (exact) mass is 440 g/mol. The number of halogens is 1. The van der Waals surface area contributed by atoms with E-state index >= 15 is 0 Å². The molecule has 0 aliphatic heterocycles. The third-order valence-corrected chi connectivity index (χ3v) is 3.98. The van der Waals surface area contributed by atoms with Crippen molar-refractivity contribution in [3.8, 4) is 0 Å². The third-order valence-electron chi connectivity index (χ3n) is 2.94. The molecule has 0 aliphatic rings. The largest absolute Gasteiger partial charge is 0.380 e. The number of aryl methyl sites for hydroxylation is 1. The van der Waals surface area contributed by atoms with Crippen LogP contribution in [0.5, 0.6) is 0 Å². The Morgan fingerprint density at radius 3 is 2.73 bits per heavy atom. The molecular formula is C15H29IN4OS. The summed E-state index contributed by atoms with van der Waals surface area (Å²) in [4.78, 5) is 8.71. The highest BCUT2D eigenvalue weighted by molar-refractivity contribution is 14.0. The number of ether oxygens (including phenoxy) is 1. The predicted octanol–water partition coefficient (Wildman–Crippen LogP) is 3.05. The van der Waals surface area contributed by atoms with Crippen molar-refractivity contribution in [2.75, 3.05) is 26.8 Å². The zero-order valence-electron chi connectivity index (χ0n) is 14.0. The summed E-state index contributed by atoms with van der Waals surface area (Å²) in [7, 11) is 1.77. The minimum absolute atomic E-state index is 0. The lowest BCUT2D eigenvalue weighted by Gasteiger charge is -2.11. The molecular weight excluding hydrogens is 411 g/mol. The van der Waals surface area contributed by atoms with Gasteiger partial charge in [0.15, 0.2) is 5.96 Å². The Kier molecular flexibility index (Phi) is 12.8. The van der Waals surface area contributed by atoms with Crippen LogP contribution < -0.4 is 10.6 Å². The van der Waals surface area contributed by atoms with Crippen LogP contribution in [-0.2, 0) is 17.7 Å². The van der Waals surface area contributed by atoms with Crippen LogP contribution in [0.2, 0.25) is 0 Å². The molecule has 7 heteroatoms. The van der Waals surface area contributed by atoms with Crippen LogP contribution in [0.4, 0.5) is 0 Å². The molecule has 1 aromatic heterocycles. The van der Waals surface area contributed by atoms with E-state index in [2.05, 4.69) is 46.8 Å². The van der Waals surface area contributed by atoms with Gasteiger partial charge in [-0.1, -0.05) is 20.8 Å². The van der Waals surface area contributed by atoms with Crippen molar-refractivity contribution < 1.29 is 4.74 Å². The van der Waals surface area contributed by atoms with E-state index < -0.39 is 0 Å². The van der Waals surface area contributed by atoms with Crippen molar-refractivity contribution in [3.05, 3.63) is 16.1 Å². The summed E-state index contributed by atoms with van der Waals surface area (Å²) >= 11 is 1.71. The van der Waals surface area contributed by atoms with E-state index in [0.29, 0.717) is 19.1 Å². The first-order valence-corrected chi connectivity index (χ1v) is 8.49. The Labute approximate surface area is 155 Å². The first kappa shape index (κ1) is 21.6. The van der Waals surface area contributed by atoms with Gasteiger partial charge < -0.3 is 15.4 Å². The highest BCUT2D eigenvalue weighted by Crippen LogP contribution is 2.09. The SMILES string of the molecule is CCc1nc(CNC(=NC)NCCOCCC(C)C)cs1.I. The standard InChI is InChI=1S/C15H28N4OS.HI/c1-5-14-19-13(11-21-14)10-18-15(16-4)17-7-9-20-8-6-12(2)3;/h11-12H,5-10H2,1-4H3,(H2,16,17,18);1H. The van der Waals surface area contributed by atoms with Gasteiger partial charge in [-0.15, -0.1) is 35.3 Å². The lowest BCUT2D eigenvalue weighted by atomic mass is 10.1. The fourth-order valence-corrected chi connectivity index (χ4v) is 2.39. The molecule has 1 rings (SSSR count). The van der Waals surface area contributed by atoms with Gasteiger partial charge in [0.2, 0.25) is 0 Å². The maximum atomic E-state index is 5.56. The number of rotatable bonds is 9. The molecule has 1 aromatic rings.